The van der Waals surface area contributed by atoms with Gasteiger partial charge in [0.2, 0.25) is 0 Å². The van der Waals surface area contributed by atoms with Gasteiger partial charge in [-0.3, -0.25) is 0 Å². The van der Waals surface area contributed by atoms with Crippen LogP contribution in [0.15, 0.2) is 47.0 Å². The summed E-state index contributed by atoms with van der Waals surface area (Å²) in [6.45, 7) is 2.59. The standard InChI is InChI=1S/C17H16ClNO2/c1-12-5-7-13(8-6-12)11-20-15-3-2-4-16-17(15)14(9-10-18)19-21-16/h2-8H,9-11H2,1H3. The summed E-state index contributed by atoms with van der Waals surface area (Å²) in [6, 6.07) is 14.0. The van der Waals surface area contributed by atoms with E-state index in [4.69, 9.17) is 20.9 Å². The summed E-state index contributed by atoms with van der Waals surface area (Å²) in [4.78, 5) is 0. The van der Waals surface area contributed by atoms with Crippen LogP contribution in [0.4, 0.5) is 0 Å². The maximum Gasteiger partial charge on any atom is 0.170 e. The van der Waals surface area contributed by atoms with Gasteiger partial charge >= 0.3 is 0 Å². The Morgan fingerprint density at radius 1 is 1.14 bits per heavy atom. The molecule has 21 heavy (non-hydrogen) atoms. The number of nitrogens with zero attached hydrogens (tertiary/aromatic N) is 1. The van der Waals surface area contributed by atoms with Gasteiger partial charge in [0, 0.05) is 12.3 Å². The van der Waals surface area contributed by atoms with Crippen molar-refractivity contribution >= 4 is 22.6 Å². The number of rotatable bonds is 5. The Bertz CT molecular complexity index is 734. The Hall–Kier alpha value is -2.00. The lowest BCUT2D eigenvalue weighted by atomic mass is 10.1. The molecule has 0 N–H and O–H groups in total. The first-order chi connectivity index (χ1) is 10.3. The van der Waals surface area contributed by atoms with Crippen LogP contribution >= 0.6 is 11.6 Å². The summed E-state index contributed by atoms with van der Waals surface area (Å²) in [7, 11) is 0. The van der Waals surface area contributed by atoms with Crippen LogP contribution in [0.1, 0.15) is 16.8 Å². The summed E-state index contributed by atoms with van der Waals surface area (Å²) in [5.41, 5.74) is 3.95. The molecule has 0 saturated heterocycles. The fourth-order valence-corrected chi connectivity index (χ4v) is 2.43. The first-order valence-corrected chi connectivity index (χ1v) is 7.43. The van der Waals surface area contributed by atoms with Crippen molar-refractivity contribution in [2.75, 3.05) is 5.88 Å². The number of halogens is 1. The lowest BCUT2D eigenvalue weighted by Gasteiger charge is -2.08. The molecule has 1 heterocycles. The smallest absolute Gasteiger partial charge is 0.170 e. The number of benzene rings is 2. The van der Waals surface area contributed by atoms with Crippen LogP contribution in [0.2, 0.25) is 0 Å². The number of alkyl halides is 1. The van der Waals surface area contributed by atoms with Gasteiger partial charge in [0.1, 0.15) is 12.4 Å². The summed E-state index contributed by atoms with van der Waals surface area (Å²) in [5.74, 6) is 1.29. The molecule has 1 aromatic heterocycles. The molecule has 0 radical (unpaired) electrons. The SMILES string of the molecule is Cc1ccc(COc2cccc3onc(CCCl)c23)cc1. The first-order valence-electron chi connectivity index (χ1n) is 6.89. The topological polar surface area (TPSA) is 35.3 Å². The predicted molar refractivity (Wildman–Crippen MR) is 83.9 cm³/mol. The maximum absolute atomic E-state index is 5.95. The molecule has 0 atom stereocenters. The third-order valence-corrected chi connectivity index (χ3v) is 3.57. The van der Waals surface area contributed by atoms with E-state index in [-0.39, 0.29) is 0 Å². The fourth-order valence-electron chi connectivity index (χ4n) is 2.25. The van der Waals surface area contributed by atoms with Crippen LogP contribution < -0.4 is 4.74 Å². The third kappa shape index (κ3) is 3.03. The number of aromatic nitrogens is 1. The van der Waals surface area contributed by atoms with E-state index in [9.17, 15) is 0 Å². The average Bonchev–Trinajstić information content (AvgIpc) is 2.91. The average molecular weight is 302 g/mol. The highest BCUT2D eigenvalue weighted by Gasteiger charge is 2.13. The predicted octanol–water partition coefficient (Wildman–Crippen LogP) is 4.50. The van der Waals surface area contributed by atoms with E-state index in [1.807, 2.05) is 18.2 Å². The zero-order valence-electron chi connectivity index (χ0n) is 11.8. The lowest BCUT2D eigenvalue weighted by Crippen LogP contribution is -1.97. The highest BCUT2D eigenvalue weighted by molar-refractivity contribution is 6.18. The second-order valence-electron chi connectivity index (χ2n) is 4.97. The Morgan fingerprint density at radius 3 is 2.71 bits per heavy atom. The van der Waals surface area contributed by atoms with E-state index in [0.717, 1.165) is 28.0 Å². The molecule has 3 rings (SSSR count). The van der Waals surface area contributed by atoms with Crippen molar-refractivity contribution in [2.24, 2.45) is 0 Å². The van der Waals surface area contributed by atoms with Crippen molar-refractivity contribution in [1.29, 1.82) is 0 Å². The minimum Gasteiger partial charge on any atom is -0.488 e. The fraction of sp³-hybridized carbons (Fsp3) is 0.235. The van der Waals surface area contributed by atoms with Crippen LogP contribution in [0.5, 0.6) is 5.75 Å². The van der Waals surface area contributed by atoms with E-state index >= 15 is 0 Å². The van der Waals surface area contributed by atoms with Gasteiger partial charge in [0.05, 0.1) is 11.1 Å². The summed E-state index contributed by atoms with van der Waals surface area (Å²) >= 11 is 5.81. The monoisotopic (exact) mass is 301 g/mol. The minimum absolute atomic E-state index is 0.508. The van der Waals surface area contributed by atoms with Crippen molar-refractivity contribution in [2.45, 2.75) is 20.0 Å². The van der Waals surface area contributed by atoms with Gasteiger partial charge in [-0.25, -0.2) is 0 Å². The Labute approximate surface area is 128 Å². The molecule has 0 amide bonds. The molecule has 3 nitrogen and oxygen atoms in total. The van der Waals surface area contributed by atoms with Crippen molar-refractivity contribution in [1.82, 2.24) is 5.16 Å². The van der Waals surface area contributed by atoms with Gasteiger partial charge in [0.25, 0.3) is 0 Å². The molecule has 0 spiro atoms. The van der Waals surface area contributed by atoms with E-state index in [2.05, 4.69) is 36.3 Å². The Balaban J connectivity index is 1.86. The van der Waals surface area contributed by atoms with E-state index in [1.54, 1.807) is 0 Å². The molecule has 0 aliphatic heterocycles. The van der Waals surface area contributed by atoms with Crippen LogP contribution in [-0.4, -0.2) is 11.0 Å². The summed E-state index contributed by atoms with van der Waals surface area (Å²) in [6.07, 6.45) is 0.666. The van der Waals surface area contributed by atoms with Gasteiger partial charge < -0.3 is 9.26 Å². The molecule has 0 unspecified atom stereocenters. The zero-order chi connectivity index (χ0) is 14.7. The molecular weight excluding hydrogens is 286 g/mol. The number of aryl methyl sites for hydroxylation is 2. The minimum atomic E-state index is 0.508. The van der Waals surface area contributed by atoms with Crippen molar-refractivity contribution in [3.05, 3.63) is 59.3 Å². The first kappa shape index (κ1) is 14.0. The van der Waals surface area contributed by atoms with Crippen LogP contribution in [0, 0.1) is 6.92 Å². The van der Waals surface area contributed by atoms with E-state index in [0.29, 0.717) is 18.9 Å². The molecule has 2 aromatic carbocycles. The van der Waals surface area contributed by atoms with Gasteiger partial charge in [-0.2, -0.15) is 0 Å². The molecule has 3 aromatic rings. The largest absolute Gasteiger partial charge is 0.488 e. The van der Waals surface area contributed by atoms with Crippen LogP contribution in [0.3, 0.4) is 0 Å². The van der Waals surface area contributed by atoms with Crippen LogP contribution in [-0.2, 0) is 13.0 Å². The van der Waals surface area contributed by atoms with Gasteiger partial charge in [-0.15, -0.1) is 11.6 Å². The quantitative estimate of drug-likeness (QED) is 0.651. The van der Waals surface area contributed by atoms with Crippen molar-refractivity contribution in [3.63, 3.8) is 0 Å². The molecule has 4 heteroatoms. The number of hydrogen-bond acceptors (Lipinski definition) is 3. The maximum atomic E-state index is 5.95. The van der Waals surface area contributed by atoms with E-state index < -0.39 is 0 Å². The van der Waals surface area contributed by atoms with Gasteiger partial charge in [-0.05, 0) is 24.6 Å². The molecule has 0 saturated carbocycles. The van der Waals surface area contributed by atoms with Crippen molar-refractivity contribution in [3.8, 4) is 5.75 Å². The number of fused-ring (bicyclic) bond motifs is 1. The molecular formula is C17H16ClNO2. The normalized spacial score (nSPS) is 11.0. The second kappa shape index (κ2) is 6.19. The van der Waals surface area contributed by atoms with Gasteiger partial charge in [0.15, 0.2) is 5.58 Å². The Kier molecular flexibility index (Phi) is 4.11. The summed E-state index contributed by atoms with van der Waals surface area (Å²) < 4.78 is 11.3. The van der Waals surface area contributed by atoms with Crippen LogP contribution in [0.25, 0.3) is 11.0 Å². The van der Waals surface area contributed by atoms with Gasteiger partial charge in [-0.1, -0.05) is 41.1 Å². The second-order valence-corrected chi connectivity index (χ2v) is 5.35. The lowest BCUT2D eigenvalue weighted by molar-refractivity contribution is 0.310. The third-order valence-electron chi connectivity index (χ3n) is 3.38. The molecule has 108 valence electrons. The molecule has 0 fully saturated rings. The summed E-state index contributed by atoms with van der Waals surface area (Å²) in [5, 5.41) is 4.99. The highest BCUT2D eigenvalue weighted by Crippen LogP contribution is 2.30. The van der Waals surface area contributed by atoms with Crippen molar-refractivity contribution < 1.29 is 9.26 Å². The number of hydrogen-bond donors (Lipinski definition) is 0. The molecule has 0 bridgehead atoms. The zero-order valence-corrected chi connectivity index (χ0v) is 12.6. The number of ether oxygens (including phenoxy) is 1. The van der Waals surface area contributed by atoms with E-state index in [1.165, 1.54) is 5.56 Å². The molecule has 0 aliphatic rings. The molecule has 0 aliphatic carbocycles. The Morgan fingerprint density at radius 2 is 1.95 bits per heavy atom. The highest BCUT2D eigenvalue weighted by atomic mass is 35.5.